The monoisotopic (exact) mass is 1100 g/mol. The van der Waals surface area contributed by atoms with E-state index in [1.165, 1.54) is 0 Å². The Morgan fingerprint density at radius 3 is 0.667 bits per heavy atom. The van der Waals surface area contributed by atoms with Crippen molar-refractivity contribution in [2.45, 2.75) is 12.5 Å². The van der Waals surface area contributed by atoms with Gasteiger partial charge in [-0.25, -0.2) is 8.37 Å². The topological polar surface area (TPSA) is 439 Å². The summed E-state index contributed by atoms with van der Waals surface area (Å²) in [5.41, 5.74) is 0. The molecule has 0 rings (SSSR count). The summed E-state index contributed by atoms with van der Waals surface area (Å²) in [6.45, 7) is -9.42. The van der Waals surface area contributed by atoms with Gasteiger partial charge in [0.2, 0.25) is 0 Å². The SMILES string of the molecule is O=C(O)CN(CC(=O)O)CC(OS(=O)(=O)O)N(CC(=O)O)CC(=O)O.O=C(O)CN(CC(=O)O)CC(OS(=O)(=O)O)N(CC(=O)O)CC(=O)O.[Fe].[Fe].[Fe].[Fe].[Fe].[NaH].[NaH]. The average Bonchev–Trinajstić information content (AvgIpc) is 2.83. The van der Waals surface area contributed by atoms with E-state index in [1.54, 1.807) is 0 Å². The standard InChI is InChI=1S/2C10H16N2O12S.5Fe.2Na.2H/c2*13-7(14)2-11(3-8(15)16)1-6(24-25(21,22)23)12(4-9(17)18)5-10(19)20;;;;;;;;;/h2*6H,1-5H2,(H,13,14)(H,15,16)(H,17,18)(H,19,20)(H,21,22,23);;;;;;;;;. The molecule has 0 radical (unpaired) electrons. The van der Waals surface area contributed by atoms with Crippen molar-refractivity contribution in [3.8, 4) is 0 Å². The maximum atomic E-state index is 10.9. The first-order valence-electron chi connectivity index (χ1n) is 12.6. The van der Waals surface area contributed by atoms with Crippen LogP contribution in [0.3, 0.4) is 0 Å². The zero-order valence-corrected chi connectivity index (χ0v) is 33.9. The van der Waals surface area contributed by atoms with Gasteiger partial charge in [0, 0.05) is 98.4 Å². The molecule has 2 unspecified atom stereocenters. The molecule has 332 valence electrons. The molecule has 2 atom stereocenters. The first kappa shape index (κ1) is 77.5. The number of nitrogens with zero attached hydrogens (tertiary/aromatic N) is 4. The van der Waals surface area contributed by atoms with Crippen LogP contribution in [0.2, 0.25) is 0 Å². The summed E-state index contributed by atoms with van der Waals surface area (Å²) < 4.78 is 69.5. The van der Waals surface area contributed by atoms with Gasteiger partial charge < -0.3 is 40.9 Å². The van der Waals surface area contributed by atoms with Crippen LogP contribution in [0.25, 0.3) is 0 Å². The third-order valence-electron chi connectivity index (χ3n) is 4.90. The molecule has 0 saturated heterocycles. The number of aliphatic carboxylic acids is 8. The molecular weight excluding hydrogens is 1070 g/mol. The average molecular weight is 1100 g/mol. The van der Waals surface area contributed by atoms with Crippen LogP contribution in [0.1, 0.15) is 0 Å². The van der Waals surface area contributed by atoms with Crippen LogP contribution in [-0.4, -0.2) is 271 Å². The Labute approximate surface area is 419 Å². The van der Waals surface area contributed by atoms with E-state index < -0.39 is 146 Å². The van der Waals surface area contributed by atoms with Gasteiger partial charge >= 0.3 is 128 Å². The molecule has 0 amide bonds. The van der Waals surface area contributed by atoms with Crippen LogP contribution in [0.15, 0.2) is 0 Å². The number of hydrogen-bond donors (Lipinski definition) is 10. The first-order valence-corrected chi connectivity index (χ1v) is 15.3. The van der Waals surface area contributed by atoms with E-state index in [0.29, 0.717) is 19.6 Å². The van der Waals surface area contributed by atoms with Crippen molar-refractivity contribution in [2.24, 2.45) is 0 Å². The van der Waals surface area contributed by atoms with Gasteiger partial charge in [-0.2, -0.15) is 16.8 Å². The summed E-state index contributed by atoms with van der Waals surface area (Å²) in [4.78, 5) is 88.4. The summed E-state index contributed by atoms with van der Waals surface area (Å²) in [5, 5.41) is 70.0. The first-order chi connectivity index (χ1) is 22.6. The van der Waals surface area contributed by atoms with Gasteiger partial charge in [0.25, 0.3) is 0 Å². The quantitative estimate of drug-likeness (QED) is 0.0219. The minimum absolute atomic E-state index is 0. The third kappa shape index (κ3) is 48.5. The van der Waals surface area contributed by atoms with Crippen molar-refractivity contribution < 1.29 is 199 Å². The molecule has 0 aliphatic rings. The van der Waals surface area contributed by atoms with Crippen LogP contribution >= 0.6 is 0 Å². The number of carbonyl (C=O) groups is 8. The molecule has 0 aromatic carbocycles. The molecule has 0 aliphatic heterocycles. The molecule has 57 heavy (non-hydrogen) atoms. The molecule has 0 heterocycles. The predicted molar refractivity (Wildman–Crippen MR) is 164 cm³/mol. The Morgan fingerprint density at radius 2 is 0.544 bits per heavy atom. The fourth-order valence-electron chi connectivity index (χ4n) is 3.49. The summed E-state index contributed by atoms with van der Waals surface area (Å²) in [5.74, 6) is -12.3. The maximum absolute atomic E-state index is 10.9. The van der Waals surface area contributed by atoms with Crippen LogP contribution in [0.4, 0.5) is 0 Å². The Morgan fingerprint density at radius 1 is 0.386 bits per heavy atom. The molecule has 10 N–H and O–H groups in total. The number of hydrogen-bond acceptors (Lipinski definition) is 18. The van der Waals surface area contributed by atoms with Crippen molar-refractivity contribution in [1.29, 1.82) is 0 Å². The van der Waals surface area contributed by atoms with Crippen molar-refractivity contribution in [1.82, 2.24) is 19.6 Å². The Bertz CT molecular complexity index is 1320. The molecule has 37 heteroatoms. The van der Waals surface area contributed by atoms with Crippen molar-refractivity contribution in [2.75, 3.05) is 65.4 Å². The molecule has 0 aromatic heterocycles. The summed E-state index contributed by atoms with van der Waals surface area (Å²) >= 11 is 0. The number of carboxylic acids is 8. The van der Waals surface area contributed by atoms with E-state index in [-0.39, 0.29) is 144 Å². The Balaban J connectivity index is -0.000000103. The molecular formula is C20H34Fe5N4Na2O24S2. The van der Waals surface area contributed by atoms with Crippen LogP contribution in [0, 0.1) is 0 Å². The summed E-state index contributed by atoms with van der Waals surface area (Å²) in [6, 6.07) is 0. The molecule has 0 aliphatic carbocycles. The van der Waals surface area contributed by atoms with Crippen molar-refractivity contribution in [3.05, 3.63) is 0 Å². The summed E-state index contributed by atoms with van der Waals surface area (Å²) in [6.07, 6.45) is -3.94. The van der Waals surface area contributed by atoms with Gasteiger partial charge in [0.1, 0.15) is 12.5 Å². The Kier molecular flexibility index (Phi) is 52.8. The molecule has 0 fully saturated rings. The summed E-state index contributed by atoms with van der Waals surface area (Å²) in [7, 11) is -10.4. The van der Waals surface area contributed by atoms with Gasteiger partial charge in [0.05, 0.1) is 52.4 Å². The van der Waals surface area contributed by atoms with Gasteiger partial charge in [-0.05, 0) is 0 Å². The van der Waals surface area contributed by atoms with Crippen LogP contribution in [0.5, 0.6) is 0 Å². The van der Waals surface area contributed by atoms with E-state index in [2.05, 4.69) is 8.37 Å². The van der Waals surface area contributed by atoms with Gasteiger partial charge in [0.15, 0.2) is 0 Å². The normalized spacial score (nSPS) is 11.3. The second kappa shape index (κ2) is 38.8. The predicted octanol–water partition coefficient (Wildman–Crippen LogP) is -7.16. The van der Waals surface area contributed by atoms with E-state index >= 15 is 0 Å². The van der Waals surface area contributed by atoms with Crippen molar-refractivity contribution in [3.63, 3.8) is 0 Å². The zero-order chi connectivity index (χ0) is 39.6. The van der Waals surface area contributed by atoms with E-state index in [0.717, 1.165) is 0 Å². The molecule has 0 spiro atoms. The molecule has 0 aromatic rings. The third-order valence-corrected chi connectivity index (χ3v) is 5.83. The number of rotatable bonds is 26. The van der Waals surface area contributed by atoms with Crippen molar-refractivity contribution >= 4 is 128 Å². The van der Waals surface area contributed by atoms with Gasteiger partial charge in [-0.3, -0.25) is 67.1 Å². The number of carboxylic acid groups (broad SMARTS) is 8. The molecule has 28 nitrogen and oxygen atoms in total. The van der Waals surface area contributed by atoms with E-state index in [1.807, 2.05) is 0 Å². The van der Waals surface area contributed by atoms with Gasteiger partial charge in [-0.1, -0.05) is 0 Å². The van der Waals surface area contributed by atoms with E-state index in [9.17, 15) is 55.2 Å². The molecule has 0 bridgehead atoms. The second-order valence-electron chi connectivity index (χ2n) is 9.26. The molecule has 0 saturated carbocycles. The van der Waals surface area contributed by atoms with E-state index in [4.69, 9.17) is 50.0 Å². The second-order valence-corrected chi connectivity index (χ2v) is 11.4. The van der Waals surface area contributed by atoms with Crippen LogP contribution in [-0.2, 0) is 153 Å². The fourth-order valence-corrected chi connectivity index (χ4v) is 4.41. The zero-order valence-electron chi connectivity index (χ0n) is 26.8. The Hall–Kier alpha value is -0.0626. The minimum atomic E-state index is -5.19. The van der Waals surface area contributed by atoms with Gasteiger partial charge in [-0.15, -0.1) is 0 Å². The van der Waals surface area contributed by atoms with Crippen LogP contribution < -0.4 is 0 Å². The fraction of sp³-hybridized carbons (Fsp3) is 0.600.